The third kappa shape index (κ3) is 2.36. The highest BCUT2D eigenvalue weighted by Gasteiger charge is 2.29. The number of ether oxygens (including phenoxy) is 2. The molecule has 116 valence electrons. The van der Waals surface area contributed by atoms with Crippen LogP contribution in [0.15, 0.2) is 42.5 Å². The maximum absolute atomic E-state index is 12.5. The van der Waals surface area contributed by atoms with E-state index in [0.717, 1.165) is 34.7 Å². The molecule has 0 atom stereocenters. The van der Waals surface area contributed by atoms with Gasteiger partial charge in [-0.3, -0.25) is 4.79 Å². The van der Waals surface area contributed by atoms with Gasteiger partial charge in [-0.25, -0.2) is 0 Å². The summed E-state index contributed by atoms with van der Waals surface area (Å²) >= 11 is 0. The second-order valence-corrected chi connectivity index (χ2v) is 5.70. The molecule has 23 heavy (non-hydrogen) atoms. The average molecular weight is 307 g/mol. The van der Waals surface area contributed by atoms with Crippen LogP contribution in [0, 0.1) is 0 Å². The van der Waals surface area contributed by atoms with Gasteiger partial charge in [0.2, 0.25) is 0 Å². The summed E-state index contributed by atoms with van der Waals surface area (Å²) in [5.41, 5.74) is 3.55. The fourth-order valence-corrected chi connectivity index (χ4v) is 2.97. The van der Waals surface area contributed by atoms with E-state index in [1.165, 1.54) is 0 Å². The minimum absolute atomic E-state index is 0.0123. The van der Waals surface area contributed by atoms with Gasteiger partial charge < -0.3 is 14.4 Å². The zero-order chi connectivity index (χ0) is 15.8. The molecule has 0 bridgehead atoms. The van der Waals surface area contributed by atoms with E-state index in [-0.39, 0.29) is 5.91 Å². The molecule has 0 radical (unpaired) electrons. The molecule has 0 aromatic heterocycles. The first-order chi connectivity index (χ1) is 11.2. The molecule has 0 N–H and O–H groups in total. The van der Waals surface area contributed by atoms with E-state index >= 15 is 0 Å². The Morgan fingerprint density at radius 3 is 2.70 bits per heavy atom. The summed E-state index contributed by atoms with van der Waals surface area (Å²) in [6, 6.07) is 13.6. The molecule has 2 aliphatic rings. The van der Waals surface area contributed by atoms with Crippen molar-refractivity contribution in [1.82, 2.24) is 0 Å². The van der Waals surface area contributed by atoms with Crippen LogP contribution in [0.25, 0.3) is 11.6 Å². The highest BCUT2D eigenvalue weighted by atomic mass is 16.5. The Morgan fingerprint density at radius 2 is 1.83 bits per heavy atom. The highest BCUT2D eigenvalue weighted by Crippen LogP contribution is 2.37. The van der Waals surface area contributed by atoms with Crippen LogP contribution in [0.2, 0.25) is 0 Å². The van der Waals surface area contributed by atoms with Crippen molar-refractivity contribution in [3.05, 3.63) is 53.6 Å². The van der Waals surface area contributed by atoms with Crippen LogP contribution in [0.5, 0.6) is 11.5 Å². The van der Waals surface area contributed by atoms with E-state index in [9.17, 15) is 4.79 Å². The van der Waals surface area contributed by atoms with Crippen LogP contribution in [0.1, 0.15) is 17.5 Å². The second-order valence-electron chi connectivity index (χ2n) is 5.70. The van der Waals surface area contributed by atoms with Gasteiger partial charge in [0.25, 0.3) is 5.91 Å². The number of rotatable bonds is 1. The highest BCUT2D eigenvalue weighted by molar-refractivity contribution is 6.35. The first-order valence-corrected chi connectivity index (χ1v) is 7.73. The second kappa shape index (κ2) is 5.47. The number of likely N-dealkylation sites (N-methyl/N-ethyl adjacent to an activating group) is 1. The molecular formula is C19H17NO3. The third-order valence-corrected chi connectivity index (χ3v) is 4.17. The monoisotopic (exact) mass is 307 g/mol. The number of anilines is 1. The number of hydrogen-bond acceptors (Lipinski definition) is 3. The van der Waals surface area contributed by atoms with Gasteiger partial charge in [0, 0.05) is 24.6 Å². The number of hydrogen-bond donors (Lipinski definition) is 0. The van der Waals surface area contributed by atoms with Crippen LogP contribution in [-0.2, 0) is 4.79 Å². The summed E-state index contributed by atoms with van der Waals surface area (Å²) in [7, 11) is 1.80. The topological polar surface area (TPSA) is 38.8 Å². The fourth-order valence-electron chi connectivity index (χ4n) is 2.97. The van der Waals surface area contributed by atoms with Crippen molar-refractivity contribution in [3.8, 4) is 11.5 Å². The Hall–Kier alpha value is -2.75. The van der Waals surface area contributed by atoms with Gasteiger partial charge in [-0.1, -0.05) is 24.3 Å². The number of carbonyl (C=O) groups is 1. The first-order valence-electron chi connectivity index (χ1n) is 7.73. The number of nitrogens with zero attached hydrogens (tertiary/aromatic N) is 1. The van der Waals surface area contributed by atoms with Crippen LogP contribution < -0.4 is 14.4 Å². The Labute approximate surface area is 134 Å². The predicted octanol–water partition coefficient (Wildman–Crippen LogP) is 3.36. The molecule has 4 rings (SSSR count). The van der Waals surface area contributed by atoms with Crippen molar-refractivity contribution < 1.29 is 14.3 Å². The Kier molecular flexibility index (Phi) is 3.30. The zero-order valence-electron chi connectivity index (χ0n) is 12.9. The summed E-state index contributed by atoms with van der Waals surface area (Å²) in [5.74, 6) is 1.52. The van der Waals surface area contributed by atoms with Gasteiger partial charge in [0.05, 0.1) is 18.9 Å². The molecule has 0 fully saturated rings. The molecule has 2 aromatic rings. The molecule has 4 heteroatoms. The van der Waals surface area contributed by atoms with Gasteiger partial charge >= 0.3 is 0 Å². The van der Waals surface area contributed by atoms with Crippen molar-refractivity contribution >= 4 is 23.2 Å². The Balaban J connectivity index is 1.76. The minimum Gasteiger partial charge on any atom is -0.490 e. The smallest absolute Gasteiger partial charge is 0.258 e. The lowest BCUT2D eigenvalue weighted by atomic mass is 10.0. The van der Waals surface area contributed by atoms with E-state index in [1.54, 1.807) is 11.9 Å². The summed E-state index contributed by atoms with van der Waals surface area (Å²) < 4.78 is 11.4. The molecule has 0 saturated heterocycles. The molecule has 2 aromatic carbocycles. The van der Waals surface area contributed by atoms with Crippen molar-refractivity contribution in [2.45, 2.75) is 6.42 Å². The van der Waals surface area contributed by atoms with Gasteiger partial charge in [-0.05, 0) is 29.8 Å². The first kappa shape index (κ1) is 13.9. The maximum Gasteiger partial charge on any atom is 0.258 e. The number of amides is 1. The number of fused-ring (bicyclic) bond motifs is 2. The van der Waals surface area contributed by atoms with E-state index in [0.29, 0.717) is 18.8 Å². The third-order valence-electron chi connectivity index (χ3n) is 4.17. The van der Waals surface area contributed by atoms with Gasteiger partial charge in [-0.15, -0.1) is 0 Å². The molecule has 2 heterocycles. The summed E-state index contributed by atoms with van der Waals surface area (Å²) in [6.07, 6.45) is 2.79. The van der Waals surface area contributed by atoms with Gasteiger partial charge in [0.1, 0.15) is 0 Å². The van der Waals surface area contributed by atoms with Gasteiger partial charge in [0.15, 0.2) is 11.5 Å². The number of carbonyl (C=O) groups excluding carboxylic acids is 1. The number of benzene rings is 2. The molecular weight excluding hydrogens is 290 g/mol. The summed E-state index contributed by atoms with van der Waals surface area (Å²) in [4.78, 5) is 14.2. The number of para-hydroxylation sites is 1. The van der Waals surface area contributed by atoms with Gasteiger partial charge in [-0.2, -0.15) is 0 Å². The quantitative estimate of drug-likeness (QED) is 0.758. The lowest BCUT2D eigenvalue weighted by Crippen LogP contribution is -2.20. The minimum atomic E-state index is 0.0123. The molecule has 2 aliphatic heterocycles. The van der Waals surface area contributed by atoms with Crippen molar-refractivity contribution in [2.75, 3.05) is 25.2 Å². The van der Waals surface area contributed by atoms with Crippen molar-refractivity contribution in [1.29, 1.82) is 0 Å². The van der Waals surface area contributed by atoms with E-state index in [4.69, 9.17) is 9.47 Å². The summed E-state index contributed by atoms with van der Waals surface area (Å²) in [5, 5.41) is 0. The summed E-state index contributed by atoms with van der Waals surface area (Å²) in [6.45, 7) is 1.32. The molecule has 4 nitrogen and oxygen atoms in total. The molecule has 0 saturated carbocycles. The molecule has 1 amide bonds. The van der Waals surface area contributed by atoms with E-state index < -0.39 is 0 Å². The Morgan fingerprint density at radius 1 is 1.04 bits per heavy atom. The molecule has 0 aliphatic carbocycles. The maximum atomic E-state index is 12.5. The lowest BCUT2D eigenvalue weighted by molar-refractivity contribution is -0.112. The standard InChI is InChI=1S/C19H17NO3/c1-20-16-6-3-2-5-14(16)15(19(20)21)11-13-7-8-17-18(12-13)23-10-4-9-22-17/h2-3,5-8,11-12H,4,9-10H2,1H3/b15-11+. The van der Waals surface area contributed by atoms with Crippen LogP contribution in [0.4, 0.5) is 5.69 Å². The van der Waals surface area contributed by atoms with Crippen molar-refractivity contribution in [3.63, 3.8) is 0 Å². The van der Waals surface area contributed by atoms with Crippen LogP contribution in [0.3, 0.4) is 0 Å². The molecule has 0 spiro atoms. The SMILES string of the molecule is CN1C(=O)/C(=C/c2ccc3c(c2)OCCCO3)c2ccccc21. The van der Waals surface area contributed by atoms with Crippen LogP contribution >= 0.6 is 0 Å². The predicted molar refractivity (Wildman–Crippen MR) is 89.8 cm³/mol. The largest absolute Gasteiger partial charge is 0.490 e. The molecule has 0 unspecified atom stereocenters. The fraction of sp³-hybridized carbons (Fsp3) is 0.211. The zero-order valence-corrected chi connectivity index (χ0v) is 12.9. The normalized spacial score (nSPS) is 18.0. The van der Waals surface area contributed by atoms with E-state index in [2.05, 4.69) is 0 Å². The Bertz CT molecular complexity index is 810. The van der Waals surface area contributed by atoms with E-state index in [1.807, 2.05) is 48.5 Å². The van der Waals surface area contributed by atoms with Crippen molar-refractivity contribution in [2.24, 2.45) is 0 Å². The van der Waals surface area contributed by atoms with Crippen LogP contribution in [-0.4, -0.2) is 26.2 Å². The lowest BCUT2D eigenvalue weighted by Gasteiger charge is -2.08. The average Bonchev–Trinajstić information content (AvgIpc) is 2.75.